The fraction of sp³-hybridized carbons (Fsp3) is 0.200. The fourth-order valence-corrected chi connectivity index (χ4v) is 1.47. The van der Waals surface area contributed by atoms with Crippen LogP contribution in [0.3, 0.4) is 0 Å². The highest BCUT2D eigenvalue weighted by atomic mass is 16.6. The molecule has 0 atom stereocenters. The number of methoxy groups -OCH3 is 1. The Labute approximate surface area is 80.4 Å². The van der Waals surface area contributed by atoms with Crippen molar-refractivity contribution in [3.8, 4) is 5.75 Å². The first kappa shape index (κ1) is 8.74. The number of carbonyl (C=O) groups is 2. The summed E-state index contributed by atoms with van der Waals surface area (Å²) in [6, 6.07) is 5.02. The molecule has 0 radical (unpaired) electrons. The molecule has 0 amide bonds. The van der Waals surface area contributed by atoms with Crippen LogP contribution in [0, 0.1) is 0 Å². The van der Waals surface area contributed by atoms with Crippen molar-refractivity contribution in [1.29, 1.82) is 0 Å². The van der Waals surface area contributed by atoms with Crippen molar-refractivity contribution >= 4 is 11.9 Å². The third kappa shape index (κ3) is 1.25. The van der Waals surface area contributed by atoms with Crippen molar-refractivity contribution in [2.75, 3.05) is 7.11 Å². The minimum Gasteiger partial charge on any atom is -0.496 e. The van der Waals surface area contributed by atoms with Crippen LogP contribution in [0.4, 0.5) is 0 Å². The van der Waals surface area contributed by atoms with Crippen molar-refractivity contribution < 1.29 is 19.1 Å². The number of carbonyl (C=O) groups excluding carboxylic acids is 2. The van der Waals surface area contributed by atoms with Crippen molar-refractivity contribution in [2.24, 2.45) is 0 Å². The zero-order valence-electron chi connectivity index (χ0n) is 7.57. The number of cyclic esters (lactones) is 2. The van der Waals surface area contributed by atoms with Gasteiger partial charge in [0.25, 0.3) is 0 Å². The van der Waals surface area contributed by atoms with Gasteiger partial charge >= 0.3 is 11.9 Å². The number of hydrogen-bond acceptors (Lipinski definition) is 4. The predicted octanol–water partition coefficient (Wildman–Crippen LogP) is 0.935. The first-order valence-corrected chi connectivity index (χ1v) is 4.13. The van der Waals surface area contributed by atoms with E-state index in [0.717, 1.165) is 0 Å². The summed E-state index contributed by atoms with van der Waals surface area (Å²) in [5.41, 5.74) is 1.01. The van der Waals surface area contributed by atoms with Gasteiger partial charge in [-0.25, -0.2) is 4.79 Å². The van der Waals surface area contributed by atoms with Gasteiger partial charge in [-0.3, -0.25) is 4.79 Å². The molecule has 2 rings (SSSR count). The van der Waals surface area contributed by atoms with Gasteiger partial charge in [0, 0.05) is 5.56 Å². The summed E-state index contributed by atoms with van der Waals surface area (Å²) in [4.78, 5) is 22.3. The Morgan fingerprint density at radius 3 is 2.86 bits per heavy atom. The summed E-state index contributed by atoms with van der Waals surface area (Å²) in [5.74, 6) is -0.588. The van der Waals surface area contributed by atoms with Crippen LogP contribution in [-0.4, -0.2) is 19.0 Å². The third-order valence-corrected chi connectivity index (χ3v) is 2.10. The largest absolute Gasteiger partial charge is 0.496 e. The number of esters is 2. The average Bonchev–Trinajstić information content (AvgIpc) is 2.17. The molecule has 1 aromatic rings. The van der Waals surface area contributed by atoms with Gasteiger partial charge in [-0.15, -0.1) is 0 Å². The van der Waals surface area contributed by atoms with Crippen LogP contribution >= 0.6 is 0 Å². The van der Waals surface area contributed by atoms with E-state index >= 15 is 0 Å². The second kappa shape index (κ2) is 3.14. The third-order valence-electron chi connectivity index (χ3n) is 2.10. The van der Waals surface area contributed by atoms with Crippen molar-refractivity contribution in [2.45, 2.75) is 6.42 Å². The molecular formula is C10H8O4. The van der Waals surface area contributed by atoms with Crippen LogP contribution in [-0.2, 0) is 16.0 Å². The lowest BCUT2D eigenvalue weighted by molar-refractivity contribution is -0.137. The number of ether oxygens (including phenoxy) is 2. The molecule has 0 saturated carbocycles. The Morgan fingerprint density at radius 1 is 1.36 bits per heavy atom. The van der Waals surface area contributed by atoms with E-state index in [1.807, 2.05) is 0 Å². The Hall–Kier alpha value is -1.84. The molecule has 0 aliphatic carbocycles. The van der Waals surface area contributed by atoms with Crippen LogP contribution in [0.1, 0.15) is 15.9 Å². The molecule has 0 spiro atoms. The SMILES string of the molecule is COc1cccc2c1CC(=O)OC2=O. The molecule has 1 aromatic carbocycles. The number of hydrogen-bond donors (Lipinski definition) is 0. The Morgan fingerprint density at radius 2 is 2.14 bits per heavy atom. The highest BCUT2D eigenvalue weighted by Gasteiger charge is 2.26. The lowest BCUT2D eigenvalue weighted by atomic mass is 10.0. The highest BCUT2D eigenvalue weighted by Crippen LogP contribution is 2.26. The summed E-state index contributed by atoms with van der Waals surface area (Å²) in [5, 5.41) is 0. The topological polar surface area (TPSA) is 52.6 Å². The number of fused-ring (bicyclic) bond motifs is 1. The quantitative estimate of drug-likeness (QED) is 0.490. The van der Waals surface area contributed by atoms with Crippen LogP contribution < -0.4 is 4.74 Å². The van der Waals surface area contributed by atoms with E-state index in [2.05, 4.69) is 4.74 Å². The van der Waals surface area contributed by atoms with Gasteiger partial charge in [-0.05, 0) is 12.1 Å². The standard InChI is InChI=1S/C10H8O4/c1-13-8-4-2-3-6-7(8)5-9(11)14-10(6)12/h2-4H,5H2,1H3. The lowest BCUT2D eigenvalue weighted by Crippen LogP contribution is -2.23. The van der Waals surface area contributed by atoms with Gasteiger partial charge in [0.05, 0.1) is 19.1 Å². The minimum absolute atomic E-state index is 0.0884. The van der Waals surface area contributed by atoms with Crippen LogP contribution in [0.15, 0.2) is 18.2 Å². The van der Waals surface area contributed by atoms with Crippen molar-refractivity contribution in [3.05, 3.63) is 29.3 Å². The highest BCUT2D eigenvalue weighted by molar-refractivity contribution is 6.03. The maximum atomic E-state index is 11.3. The van der Waals surface area contributed by atoms with E-state index in [4.69, 9.17) is 4.74 Å². The minimum atomic E-state index is -0.602. The first-order chi connectivity index (χ1) is 6.72. The maximum absolute atomic E-state index is 11.3. The molecule has 0 N–H and O–H groups in total. The van der Waals surface area contributed by atoms with Gasteiger partial charge in [0.1, 0.15) is 5.75 Å². The predicted molar refractivity (Wildman–Crippen MR) is 47.1 cm³/mol. The van der Waals surface area contributed by atoms with Gasteiger partial charge in [-0.1, -0.05) is 6.07 Å². The smallest absolute Gasteiger partial charge is 0.346 e. The van der Waals surface area contributed by atoms with E-state index in [1.54, 1.807) is 18.2 Å². The van der Waals surface area contributed by atoms with Crippen LogP contribution in [0.5, 0.6) is 5.75 Å². The molecule has 0 saturated heterocycles. The molecule has 0 fully saturated rings. The zero-order valence-corrected chi connectivity index (χ0v) is 7.57. The normalized spacial score (nSPS) is 14.6. The molecule has 0 aromatic heterocycles. The first-order valence-electron chi connectivity index (χ1n) is 4.13. The summed E-state index contributed by atoms with van der Waals surface area (Å²) in [7, 11) is 1.50. The van der Waals surface area contributed by atoms with E-state index in [-0.39, 0.29) is 6.42 Å². The Bertz CT molecular complexity index is 409. The molecule has 1 aliphatic heterocycles. The second-order valence-electron chi connectivity index (χ2n) is 2.92. The Kier molecular flexibility index (Phi) is 1.96. The molecule has 4 heteroatoms. The van der Waals surface area contributed by atoms with Gasteiger partial charge in [0.15, 0.2) is 0 Å². The Balaban J connectivity index is 2.58. The summed E-state index contributed by atoms with van der Waals surface area (Å²) >= 11 is 0. The lowest BCUT2D eigenvalue weighted by Gasteiger charge is -2.16. The molecule has 0 bridgehead atoms. The van der Waals surface area contributed by atoms with Crippen LogP contribution in [0.2, 0.25) is 0 Å². The molecule has 1 aliphatic rings. The van der Waals surface area contributed by atoms with E-state index in [0.29, 0.717) is 16.9 Å². The maximum Gasteiger partial charge on any atom is 0.346 e. The van der Waals surface area contributed by atoms with E-state index < -0.39 is 11.9 Å². The van der Waals surface area contributed by atoms with E-state index in [1.165, 1.54) is 7.11 Å². The molecule has 14 heavy (non-hydrogen) atoms. The molecule has 1 heterocycles. The molecule has 0 unspecified atom stereocenters. The number of benzene rings is 1. The number of rotatable bonds is 1. The second-order valence-corrected chi connectivity index (χ2v) is 2.92. The molecular weight excluding hydrogens is 184 g/mol. The average molecular weight is 192 g/mol. The summed E-state index contributed by atoms with van der Waals surface area (Å²) < 4.78 is 9.53. The molecule has 72 valence electrons. The van der Waals surface area contributed by atoms with Gasteiger partial charge in [0.2, 0.25) is 0 Å². The van der Waals surface area contributed by atoms with Crippen molar-refractivity contribution in [3.63, 3.8) is 0 Å². The van der Waals surface area contributed by atoms with Crippen LogP contribution in [0.25, 0.3) is 0 Å². The van der Waals surface area contributed by atoms with Gasteiger partial charge in [-0.2, -0.15) is 0 Å². The fourth-order valence-electron chi connectivity index (χ4n) is 1.47. The zero-order chi connectivity index (χ0) is 10.1. The summed E-state index contributed by atoms with van der Waals surface area (Å²) in [6.07, 6.45) is 0.0884. The van der Waals surface area contributed by atoms with Gasteiger partial charge < -0.3 is 9.47 Å². The molecule has 4 nitrogen and oxygen atoms in total. The van der Waals surface area contributed by atoms with Crippen molar-refractivity contribution in [1.82, 2.24) is 0 Å². The monoisotopic (exact) mass is 192 g/mol. The van der Waals surface area contributed by atoms with E-state index in [9.17, 15) is 9.59 Å². The summed E-state index contributed by atoms with van der Waals surface area (Å²) in [6.45, 7) is 0.